The van der Waals surface area contributed by atoms with Gasteiger partial charge in [-0.25, -0.2) is 0 Å². The maximum absolute atomic E-state index is 12.5. The van der Waals surface area contributed by atoms with Crippen LogP contribution in [0.1, 0.15) is 25.0 Å². The van der Waals surface area contributed by atoms with Crippen LogP contribution in [0.3, 0.4) is 0 Å². The van der Waals surface area contributed by atoms with Crippen molar-refractivity contribution in [1.29, 1.82) is 0 Å². The first kappa shape index (κ1) is 19.8. The van der Waals surface area contributed by atoms with Crippen LogP contribution < -0.4 is 15.4 Å². The molecule has 0 saturated carbocycles. The van der Waals surface area contributed by atoms with Crippen LogP contribution in [-0.2, 0) is 22.7 Å². The lowest BCUT2D eigenvalue weighted by atomic mass is 9.91. The fourth-order valence-electron chi connectivity index (χ4n) is 2.29. The van der Waals surface area contributed by atoms with Gasteiger partial charge in [-0.3, -0.25) is 9.59 Å². The third kappa shape index (κ3) is 4.99. The van der Waals surface area contributed by atoms with Crippen LogP contribution in [0.4, 0.5) is 0 Å². The maximum atomic E-state index is 12.5. The van der Waals surface area contributed by atoms with Crippen LogP contribution in [0.25, 0.3) is 0 Å². The number of hydrogen-bond donors (Lipinski definition) is 2. The number of amides is 2. The minimum Gasteiger partial charge on any atom is -0.497 e. The lowest BCUT2D eigenvalue weighted by molar-refractivity contribution is -0.141. The maximum Gasteiger partial charge on any atom is 0.235 e. The summed E-state index contributed by atoms with van der Waals surface area (Å²) < 4.78 is 5.10. The molecule has 2 N–H and O–H groups in total. The smallest absolute Gasteiger partial charge is 0.235 e. The van der Waals surface area contributed by atoms with Gasteiger partial charge in [0.15, 0.2) is 0 Å². The molecule has 2 aromatic carbocycles. The minimum absolute atomic E-state index is 0.272. The van der Waals surface area contributed by atoms with E-state index in [0.29, 0.717) is 11.6 Å². The molecule has 0 aromatic heterocycles. The van der Waals surface area contributed by atoms with Gasteiger partial charge < -0.3 is 15.4 Å². The summed E-state index contributed by atoms with van der Waals surface area (Å²) in [5.41, 5.74) is 0.525. The van der Waals surface area contributed by atoms with E-state index in [4.69, 9.17) is 16.3 Å². The van der Waals surface area contributed by atoms with Gasteiger partial charge in [-0.05, 0) is 43.2 Å². The molecule has 0 atom stereocenters. The molecule has 2 amide bonds. The predicted molar refractivity (Wildman–Crippen MR) is 102 cm³/mol. The molecule has 138 valence electrons. The summed E-state index contributed by atoms with van der Waals surface area (Å²) in [6.45, 7) is 3.80. The van der Waals surface area contributed by atoms with Crippen LogP contribution in [-0.4, -0.2) is 18.9 Å². The molecule has 0 aliphatic carbocycles. The lowest BCUT2D eigenvalue weighted by Crippen LogP contribution is -2.47. The number of carbonyl (C=O) groups is 2. The Hall–Kier alpha value is -2.53. The molecular weight excluding hydrogens is 352 g/mol. The topological polar surface area (TPSA) is 67.4 Å². The highest BCUT2D eigenvalue weighted by molar-refractivity contribution is 6.31. The number of hydrogen-bond acceptors (Lipinski definition) is 3. The van der Waals surface area contributed by atoms with Gasteiger partial charge >= 0.3 is 0 Å². The molecule has 6 heteroatoms. The summed E-state index contributed by atoms with van der Waals surface area (Å²) in [4.78, 5) is 24.9. The standard InChI is InChI=1S/C20H23ClN2O3/c1-20(2,19(25)23-13-15-6-4-5-7-17(15)21)18(24)22-12-14-8-10-16(26-3)11-9-14/h4-11H,12-13H2,1-3H3,(H,22,24)(H,23,25). The summed E-state index contributed by atoms with van der Waals surface area (Å²) in [5.74, 6) is 0.0500. The molecule has 2 aromatic rings. The lowest BCUT2D eigenvalue weighted by Gasteiger charge is -2.23. The van der Waals surface area contributed by atoms with Crippen LogP contribution in [0.15, 0.2) is 48.5 Å². The van der Waals surface area contributed by atoms with Gasteiger partial charge in [-0.1, -0.05) is 41.9 Å². The molecule has 0 heterocycles. The van der Waals surface area contributed by atoms with E-state index in [2.05, 4.69) is 10.6 Å². The van der Waals surface area contributed by atoms with Crippen molar-refractivity contribution < 1.29 is 14.3 Å². The van der Waals surface area contributed by atoms with Gasteiger partial charge in [0.25, 0.3) is 0 Å². The second kappa shape index (κ2) is 8.72. The van der Waals surface area contributed by atoms with Gasteiger partial charge in [0.05, 0.1) is 7.11 Å². The number of halogens is 1. The molecule has 0 bridgehead atoms. The molecule has 2 rings (SSSR count). The Kier molecular flexibility index (Phi) is 6.64. The monoisotopic (exact) mass is 374 g/mol. The van der Waals surface area contributed by atoms with Gasteiger partial charge in [0, 0.05) is 18.1 Å². The summed E-state index contributed by atoms with van der Waals surface area (Å²) >= 11 is 6.08. The van der Waals surface area contributed by atoms with Crippen molar-refractivity contribution in [3.8, 4) is 5.75 Å². The van der Waals surface area contributed by atoms with Crippen molar-refractivity contribution in [3.63, 3.8) is 0 Å². The number of nitrogens with one attached hydrogen (secondary N) is 2. The number of methoxy groups -OCH3 is 1. The third-order valence-corrected chi connectivity index (χ3v) is 4.51. The minimum atomic E-state index is -1.20. The molecular formula is C20H23ClN2O3. The van der Waals surface area contributed by atoms with Crippen molar-refractivity contribution in [2.75, 3.05) is 7.11 Å². The Morgan fingerprint density at radius 2 is 1.54 bits per heavy atom. The molecule has 0 aliphatic heterocycles. The van der Waals surface area contributed by atoms with E-state index in [1.165, 1.54) is 0 Å². The normalized spacial score (nSPS) is 10.9. The molecule has 0 unspecified atom stereocenters. The van der Waals surface area contributed by atoms with Crippen LogP contribution in [0, 0.1) is 5.41 Å². The van der Waals surface area contributed by atoms with Crippen LogP contribution in [0.5, 0.6) is 5.75 Å². The SMILES string of the molecule is COc1ccc(CNC(=O)C(C)(C)C(=O)NCc2ccccc2Cl)cc1. The molecule has 0 fully saturated rings. The average molecular weight is 375 g/mol. The fourth-order valence-corrected chi connectivity index (χ4v) is 2.49. The first-order valence-electron chi connectivity index (χ1n) is 8.27. The second-order valence-corrected chi connectivity index (χ2v) is 6.84. The number of ether oxygens (including phenoxy) is 1. The zero-order chi connectivity index (χ0) is 19.2. The van der Waals surface area contributed by atoms with Crippen LogP contribution >= 0.6 is 11.6 Å². The highest BCUT2D eigenvalue weighted by atomic mass is 35.5. The predicted octanol–water partition coefficient (Wildman–Crippen LogP) is 3.31. The summed E-state index contributed by atoms with van der Waals surface area (Å²) in [5, 5.41) is 6.15. The van der Waals surface area contributed by atoms with Crippen molar-refractivity contribution in [1.82, 2.24) is 10.6 Å². The van der Waals surface area contributed by atoms with Gasteiger partial charge in [-0.15, -0.1) is 0 Å². The number of rotatable bonds is 7. The van der Waals surface area contributed by atoms with Crippen molar-refractivity contribution in [3.05, 3.63) is 64.7 Å². The Balaban J connectivity index is 1.90. The summed E-state index contributed by atoms with van der Waals surface area (Å²) in [6, 6.07) is 14.6. The van der Waals surface area contributed by atoms with Crippen molar-refractivity contribution in [2.45, 2.75) is 26.9 Å². The van der Waals surface area contributed by atoms with E-state index in [9.17, 15) is 9.59 Å². The molecule has 0 aliphatic rings. The van der Waals surface area contributed by atoms with E-state index in [1.54, 1.807) is 27.0 Å². The Morgan fingerprint density at radius 1 is 0.962 bits per heavy atom. The molecule has 5 nitrogen and oxygen atoms in total. The van der Waals surface area contributed by atoms with E-state index < -0.39 is 5.41 Å². The zero-order valence-corrected chi connectivity index (χ0v) is 15.9. The van der Waals surface area contributed by atoms with Gasteiger partial charge in [-0.2, -0.15) is 0 Å². The highest BCUT2D eigenvalue weighted by Gasteiger charge is 2.35. The molecule has 0 spiro atoms. The number of carbonyl (C=O) groups excluding carboxylic acids is 2. The summed E-state index contributed by atoms with van der Waals surface area (Å²) in [7, 11) is 1.60. The second-order valence-electron chi connectivity index (χ2n) is 6.43. The van der Waals surface area contributed by atoms with Gasteiger partial charge in [0.1, 0.15) is 11.2 Å². The fraction of sp³-hybridized carbons (Fsp3) is 0.300. The van der Waals surface area contributed by atoms with Crippen molar-refractivity contribution >= 4 is 23.4 Å². The number of benzene rings is 2. The first-order valence-corrected chi connectivity index (χ1v) is 8.65. The van der Waals surface area contributed by atoms with E-state index >= 15 is 0 Å². The van der Waals surface area contributed by atoms with E-state index in [0.717, 1.165) is 16.9 Å². The average Bonchev–Trinajstić information content (AvgIpc) is 2.65. The Morgan fingerprint density at radius 3 is 2.12 bits per heavy atom. The van der Waals surface area contributed by atoms with Crippen molar-refractivity contribution in [2.24, 2.45) is 5.41 Å². The van der Waals surface area contributed by atoms with Gasteiger partial charge in [0.2, 0.25) is 11.8 Å². The first-order chi connectivity index (χ1) is 12.3. The molecule has 0 radical (unpaired) electrons. The Bertz CT molecular complexity index is 773. The quantitative estimate of drug-likeness (QED) is 0.730. The highest BCUT2D eigenvalue weighted by Crippen LogP contribution is 2.19. The zero-order valence-electron chi connectivity index (χ0n) is 15.1. The van der Waals surface area contributed by atoms with Crippen LogP contribution in [0.2, 0.25) is 5.02 Å². The molecule has 26 heavy (non-hydrogen) atoms. The Labute approximate surface area is 158 Å². The van der Waals surface area contributed by atoms with E-state index in [1.807, 2.05) is 42.5 Å². The molecule has 0 saturated heterocycles. The summed E-state index contributed by atoms with van der Waals surface area (Å²) in [6.07, 6.45) is 0. The largest absolute Gasteiger partial charge is 0.497 e. The third-order valence-electron chi connectivity index (χ3n) is 4.14. The van der Waals surface area contributed by atoms with E-state index in [-0.39, 0.29) is 18.4 Å².